The van der Waals surface area contributed by atoms with Crippen LogP contribution in [0.5, 0.6) is 0 Å². The van der Waals surface area contributed by atoms with Crippen LogP contribution in [0, 0.1) is 0 Å². The first-order valence-corrected chi connectivity index (χ1v) is 3.54. The van der Waals surface area contributed by atoms with Gasteiger partial charge in [-0.2, -0.15) is 0 Å². The predicted octanol–water partition coefficient (Wildman–Crippen LogP) is 1.80. The highest BCUT2D eigenvalue weighted by molar-refractivity contribution is 5.85. The molecule has 0 fully saturated rings. The monoisotopic (exact) mass is 197 g/mol. The van der Waals surface area contributed by atoms with Crippen LogP contribution in [-0.4, -0.2) is 0 Å². The van der Waals surface area contributed by atoms with Crippen LogP contribution in [0.4, 0.5) is 5.69 Å². The molecule has 0 aliphatic heterocycles. The Bertz CT molecular complexity index is 478. The number of anilines is 1. The summed E-state index contributed by atoms with van der Waals surface area (Å²) in [6.45, 7) is 0. The molecule has 68 valence electrons. The molecule has 3 nitrogen and oxygen atoms in total. The number of nitrogen functional groups attached to an aromatic ring is 1. The van der Waals surface area contributed by atoms with Crippen molar-refractivity contribution < 1.29 is 4.42 Å². The van der Waals surface area contributed by atoms with E-state index in [4.69, 9.17) is 10.2 Å². The van der Waals surface area contributed by atoms with E-state index in [9.17, 15) is 4.79 Å². The second-order valence-corrected chi connectivity index (χ2v) is 2.54. The maximum Gasteiger partial charge on any atom is 0.192 e. The van der Waals surface area contributed by atoms with E-state index < -0.39 is 0 Å². The quantitative estimate of drug-likeness (QED) is 0.656. The summed E-state index contributed by atoms with van der Waals surface area (Å²) in [5.41, 5.74) is 6.58. The molecule has 0 unspecified atom stereocenters. The van der Waals surface area contributed by atoms with Crippen molar-refractivity contribution in [2.75, 3.05) is 5.73 Å². The summed E-state index contributed by atoms with van der Waals surface area (Å²) < 4.78 is 5.09. The topological polar surface area (TPSA) is 56.2 Å². The molecule has 0 aliphatic carbocycles. The third-order valence-corrected chi connectivity index (χ3v) is 1.68. The van der Waals surface area contributed by atoms with Gasteiger partial charge < -0.3 is 10.2 Å². The summed E-state index contributed by atoms with van der Waals surface area (Å²) in [6.07, 6.45) is 1.38. The second kappa shape index (κ2) is 3.49. The fourth-order valence-electron chi connectivity index (χ4n) is 1.10. The average molecular weight is 198 g/mol. The molecule has 2 aromatic rings. The summed E-state index contributed by atoms with van der Waals surface area (Å²) >= 11 is 0. The van der Waals surface area contributed by atoms with Crippen LogP contribution in [-0.2, 0) is 0 Å². The van der Waals surface area contributed by atoms with Gasteiger partial charge in [0, 0.05) is 11.8 Å². The molecule has 0 saturated heterocycles. The summed E-state index contributed by atoms with van der Waals surface area (Å²) in [4.78, 5) is 11.2. The average Bonchev–Trinajstić information content (AvgIpc) is 2.07. The Labute approximate surface area is 80.6 Å². The Balaban J connectivity index is 0.000000845. The second-order valence-electron chi connectivity index (χ2n) is 2.54. The Hall–Kier alpha value is -1.48. The minimum absolute atomic E-state index is 0. The fourth-order valence-corrected chi connectivity index (χ4v) is 1.10. The van der Waals surface area contributed by atoms with Gasteiger partial charge in [-0.05, 0) is 18.2 Å². The Morgan fingerprint density at radius 3 is 2.77 bits per heavy atom. The van der Waals surface area contributed by atoms with Gasteiger partial charge in [-0.25, -0.2) is 0 Å². The number of halogens is 1. The molecule has 0 radical (unpaired) electrons. The number of benzene rings is 1. The molecule has 0 bridgehead atoms. The van der Waals surface area contributed by atoms with Crippen LogP contribution < -0.4 is 11.2 Å². The summed E-state index contributed by atoms with van der Waals surface area (Å²) in [7, 11) is 0. The van der Waals surface area contributed by atoms with Gasteiger partial charge in [0.25, 0.3) is 0 Å². The number of hydrogen-bond donors (Lipinski definition) is 1. The molecule has 0 atom stereocenters. The van der Waals surface area contributed by atoms with E-state index >= 15 is 0 Å². The zero-order chi connectivity index (χ0) is 8.55. The molecule has 13 heavy (non-hydrogen) atoms. The number of nitrogens with two attached hydrogens (primary N) is 1. The van der Waals surface area contributed by atoms with Crippen LogP contribution in [0.2, 0.25) is 0 Å². The van der Waals surface area contributed by atoms with Crippen molar-refractivity contribution in [1.82, 2.24) is 0 Å². The van der Waals surface area contributed by atoms with Crippen molar-refractivity contribution in [3.8, 4) is 0 Å². The zero-order valence-corrected chi connectivity index (χ0v) is 7.51. The summed E-state index contributed by atoms with van der Waals surface area (Å²) in [5, 5.41) is 0.525. The number of hydrogen-bond acceptors (Lipinski definition) is 3. The summed E-state index contributed by atoms with van der Waals surface area (Å²) in [6, 6.07) is 6.38. The van der Waals surface area contributed by atoms with Gasteiger partial charge in [0.1, 0.15) is 5.58 Å². The standard InChI is InChI=1S/C9H7NO2.ClH/c10-6-1-2-9-7(5-6)8(11)3-4-12-9;/h1-5H,10H2;1H. The van der Waals surface area contributed by atoms with Gasteiger partial charge >= 0.3 is 0 Å². The molecule has 0 amide bonds. The Morgan fingerprint density at radius 2 is 2.00 bits per heavy atom. The molecule has 2 N–H and O–H groups in total. The highest BCUT2D eigenvalue weighted by Gasteiger charge is 1.98. The van der Waals surface area contributed by atoms with E-state index in [1.807, 2.05) is 0 Å². The summed E-state index contributed by atoms with van der Waals surface area (Å²) in [5.74, 6) is 0. The maximum atomic E-state index is 11.2. The van der Waals surface area contributed by atoms with Gasteiger partial charge in [-0.1, -0.05) is 0 Å². The van der Waals surface area contributed by atoms with Gasteiger partial charge in [0.2, 0.25) is 0 Å². The van der Waals surface area contributed by atoms with Gasteiger partial charge in [0.05, 0.1) is 11.6 Å². The van der Waals surface area contributed by atoms with E-state index in [1.54, 1.807) is 18.2 Å². The highest BCUT2D eigenvalue weighted by atomic mass is 35.5. The van der Waals surface area contributed by atoms with E-state index in [0.717, 1.165) is 0 Å². The van der Waals surface area contributed by atoms with E-state index in [-0.39, 0.29) is 17.8 Å². The predicted molar refractivity (Wildman–Crippen MR) is 54.1 cm³/mol. The molecule has 0 spiro atoms. The van der Waals surface area contributed by atoms with Gasteiger partial charge in [0.15, 0.2) is 5.43 Å². The van der Waals surface area contributed by atoms with Crippen LogP contribution in [0.15, 0.2) is 39.7 Å². The lowest BCUT2D eigenvalue weighted by molar-refractivity contribution is 0.602. The van der Waals surface area contributed by atoms with Crippen molar-refractivity contribution in [3.05, 3.63) is 40.8 Å². The number of rotatable bonds is 0. The Morgan fingerprint density at radius 1 is 1.23 bits per heavy atom. The maximum absolute atomic E-state index is 11.2. The highest BCUT2D eigenvalue weighted by Crippen LogP contribution is 2.12. The lowest BCUT2D eigenvalue weighted by Gasteiger charge is -1.95. The van der Waals surface area contributed by atoms with Gasteiger partial charge in [-0.15, -0.1) is 12.4 Å². The zero-order valence-electron chi connectivity index (χ0n) is 6.69. The molecule has 1 aromatic heterocycles. The van der Waals surface area contributed by atoms with E-state index in [2.05, 4.69) is 0 Å². The van der Waals surface area contributed by atoms with Gasteiger partial charge in [-0.3, -0.25) is 4.79 Å². The largest absolute Gasteiger partial charge is 0.464 e. The molecule has 0 aliphatic rings. The lowest BCUT2D eigenvalue weighted by atomic mass is 10.2. The molecule has 2 rings (SSSR count). The van der Waals surface area contributed by atoms with Crippen molar-refractivity contribution in [1.29, 1.82) is 0 Å². The molecule has 1 heterocycles. The minimum atomic E-state index is -0.0662. The van der Waals surface area contributed by atoms with Crippen LogP contribution in [0.1, 0.15) is 0 Å². The first-order valence-electron chi connectivity index (χ1n) is 3.54. The normalized spacial score (nSPS) is 9.54. The SMILES string of the molecule is Cl.Nc1ccc2occc(=O)c2c1. The lowest BCUT2D eigenvalue weighted by Crippen LogP contribution is -1.98. The first kappa shape index (κ1) is 9.61. The van der Waals surface area contributed by atoms with E-state index in [0.29, 0.717) is 16.7 Å². The van der Waals surface area contributed by atoms with Crippen molar-refractivity contribution >= 4 is 29.1 Å². The molecule has 1 aromatic carbocycles. The van der Waals surface area contributed by atoms with E-state index in [1.165, 1.54) is 12.3 Å². The first-order chi connectivity index (χ1) is 5.77. The van der Waals surface area contributed by atoms with Crippen molar-refractivity contribution in [2.24, 2.45) is 0 Å². The third kappa shape index (κ3) is 1.65. The fraction of sp³-hybridized carbons (Fsp3) is 0. The van der Waals surface area contributed by atoms with Crippen molar-refractivity contribution in [3.63, 3.8) is 0 Å². The molecule has 0 saturated carbocycles. The number of fused-ring (bicyclic) bond motifs is 1. The molecule has 4 heteroatoms. The minimum Gasteiger partial charge on any atom is -0.464 e. The van der Waals surface area contributed by atoms with Crippen LogP contribution in [0.3, 0.4) is 0 Å². The van der Waals surface area contributed by atoms with Crippen LogP contribution >= 0.6 is 12.4 Å². The Kier molecular flexibility index (Phi) is 2.58. The smallest absolute Gasteiger partial charge is 0.192 e. The molecular weight excluding hydrogens is 190 g/mol. The third-order valence-electron chi connectivity index (χ3n) is 1.68. The van der Waals surface area contributed by atoms with Crippen LogP contribution in [0.25, 0.3) is 11.0 Å². The van der Waals surface area contributed by atoms with Crippen molar-refractivity contribution in [2.45, 2.75) is 0 Å². The molecular formula is C9H8ClNO2.